The van der Waals surface area contributed by atoms with Gasteiger partial charge >= 0.3 is 17.8 Å². The van der Waals surface area contributed by atoms with E-state index >= 15 is 0 Å². The molecule has 0 aliphatic carbocycles. The van der Waals surface area contributed by atoms with Crippen molar-refractivity contribution in [3.63, 3.8) is 0 Å². The van der Waals surface area contributed by atoms with Crippen molar-refractivity contribution in [3.8, 4) is 11.5 Å². The molecule has 0 radical (unpaired) electrons. The number of hydrogen-bond acceptors (Lipinski definition) is 9. The summed E-state index contributed by atoms with van der Waals surface area (Å²) in [6, 6.07) is 25.5. The first-order valence-electron chi connectivity index (χ1n) is 17.1. The van der Waals surface area contributed by atoms with E-state index in [1.54, 1.807) is 14.2 Å². The van der Waals surface area contributed by atoms with E-state index in [1.807, 2.05) is 84.2 Å². The summed E-state index contributed by atoms with van der Waals surface area (Å²) in [5.74, 6) is -0.697. The number of aromatic amines is 1. The van der Waals surface area contributed by atoms with Crippen LogP contribution in [0.5, 0.6) is 11.5 Å². The Morgan fingerprint density at radius 3 is 2.00 bits per heavy atom. The molecule has 1 aliphatic rings. The number of halogens is 3. The van der Waals surface area contributed by atoms with Gasteiger partial charge in [-0.3, -0.25) is 19.1 Å². The molecule has 2 heterocycles. The minimum atomic E-state index is -4.93. The number of rotatable bonds is 17. The lowest BCUT2D eigenvalue weighted by atomic mass is 9.80. The Balaban J connectivity index is 1.38. The second kappa shape index (κ2) is 17.7. The van der Waals surface area contributed by atoms with Crippen LogP contribution in [0.1, 0.15) is 48.6 Å². The lowest BCUT2D eigenvalue weighted by molar-refractivity contribution is -0.173. The molecule has 0 bridgehead atoms. The zero-order chi connectivity index (χ0) is 38.0. The van der Waals surface area contributed by atoms with E-state index in [2.05, 4.69) is 4.98 Å². The molecule has 5 rings (SSSR count). The van der Waals surface area contributed by atoms with Crippen LogP contribution in [0.2, 0.25) is 0 Å². The fourth-order valence-corrected chi connectivity index (χ4v) is 6.27. The molecule has 1 aliphatic heterocycles. The zero-order valence-electron chi connectivity index (χ0n) is 29.2. The van der Waals surface area contributed by atoms with Crippen molar-refractivity contribution >= 4 is 5.91 Å². The summed E-state index contributed by atoms with van der Waals surface area (Å²) >= 11 is 0. The van der Waals surface area contributed by atoms with Crippen LogP contribution in [0, 0.1) is 0 Å². The molecule has 1 saturated heterocycles. The highest BCUT2D eigenvalue weighted by atomic mass is 19.4. The topological polar surface area (TPSA) is 150 Å². The third kappa shape index (κ3) is 9.35. The van der Waals surface area contributed by atoms with Crippen molar-refractivity contribution in [1.82, 2.24) is 14.9 Å². The number of carbonyl (C=O) groups is 1. The molecule has 1 fully saturated rings. The monoisotopic (exact) mass is 741 g/mol. The van der Waals surface area contributed by atoms with Crippen LogP contribution in [0.25, 0.3) is 0 Å². The first kappa shape index (κ1) is 39.3. The number of nitrogens with one attached hydrogen (secondary N) is 2. The smallest absolute Gasteiger partial charge is 0.471 e. The average molecular weight is 742 g/mol. The zero-order valence-corrected chi connectivity index (χ0v) is 29.2. The standard InChI is InChI=1S/C38H42F3N3O9/c1-49-28-16-12-26(13-17-28)37(25-10-6-5-7-11-25,27-14-18-29(50-2)19-15-27)52-24-30-32(46)33(34(53-30)44-22-20-31(45)43-36(44)48)51-23-9-4-3-8-21-42-35(47)38(39,40)41/h5-7,10-20,22,30,32-34,46H,3-4,8-9,21,23-24H2,1-2H3,(H,42,47)(H,43,45,48)/t30-,32?,33+,34-/m1/s1. The summed E-state index contributed by atoms with van der Waals surface area (Å²) in [5.41, 5.74) is -0.322. The molecule has 1 aromatic heterocycles. The number of alkyl halides is 3. The van der Waals surface area contributed by atoms with Crippen LogP contribution in [0.3, 0.4) is 0 Å². The number of amides is 1. The number of benzene rings is 3. The van der Waals surface area contributed by atoms with Crippen LogP contribution in [-0.2, 0) is 24.6 Å². The number of aromatic nitrogens is 2. The van der Waals surface area contributed by atoms with Crippen molar-refractivity contribution < 1.29 is 46.8 Å². The van der Waals surface area contributed by atoms with E-state index < -0.39 is 53.5 Å². The summed E-state index contributed by atoms with van der Waals surface area (Å²) in [5, 5.41) is 13.5. The van der Waals surface area contributed by atoms with Gasteiger partial charge in [0.2, 0.25) is 0 Å². The summed E-state index contributed by atoms with van der Waals surface area (Å²) in [6.45, 7) is -0.176. The molecule has 1 unspecified atom stereocenters. The van der Waals surface area contributed by atoms with Gasteiger partial charge in [0.25, 0.3) is 5.56 Å². The van der Waals surface area contributed by atoms with Gasteiger partial charge in [0.1, 0.15) is 35.4 Å². The lowest BCUT2D eigenvalue weighted by Crippen LogP contribution is -2.41. The number of aliphatic hydroxyl groups excluding tert-OH is 1. The molecule has 4 aromatic rings. The van der Waals surface area contributed by atoms with Crippen LogP contribution in [0.15, 0.2) is 101 Å². The predicted octanol–water partition coefficient (Wildman–Crippen LogP) is 4.44. The van der Waals surface area contributed by atoms with Gasteiger partial charge < -0.3 is 34.1 Å². The maximum Gasteiger partial charge on any atom is 0.471 e. The number of nitrogens with zero attached hydrogens (tertiary/aromatic N) is 1. The van der Waals surface area contributed by atoms with Gasteiger partial charge in [-0.2, -0.15) is 13.2 Å². The van der Waals surface area contributed by atoms with E-state index in [1.165, 1.54) is 6.20 Å². The van der Waals surface area contributed by atoms with Gasteiger partial charge in [0.05, 0.1) is 20.8 Å². The van der Waals surface area contributed by atoms with Crippen molar-refractivity contribution in [2.24, 2.45) is 0 Å². The molecular weight excluding hydrogens is 699 g/mol. The Labute approximate surface area is 303 Å². The molecule has 15 heteroatoms. The third-order valence-electron chi connectivity index (χ3n) is 9.00. The molecule has 3 N–H and O–H groups in total. The van der Waals surface area contributed by atoms with Crippen LogP contribution >= 0.6 is 0 Å². The number of ether oxygens (including phenoxy) is 5. The number of aliphatic hydroxyl groups is 1. The lowest BCUT2D eigenvalue weighted by Gasteiger charge is -2.37. The summed E-state index contributed by atoms with van der Waals surface area (Å²) in [6.07, 6.45) is -6.31. The Bertz CT molecular complexity index is 1840. The van der Waals surface area contributed by atoms with Gasteiger partial charge in [-0.1, -0.05) is 67.4 Å². The minimum absolute atomic E-state index is 0.119. The predicted molar refractivity (Wildman–Crippen MR) is 187 cm³/mol. The maximum absolute atomic E-state index is 12.9. The Morgan fingerprint density at radius 2 is 1.43 bits per heavy atom. The van der Waals surface area contributed by atoms with Gasteiger partial charge in [-0.05, 0) is 53.8 Å². The van der Waals surface area contributed by atoms with Gasteiger partial charge in [0, 0.05) is 25.4 Å². The molecular formula is C38H42F3N3O9. The van der Waals surface area contributed by atoms with Gasteiger partial charge in [0.15, 0.2) is 6.23 Å². The molecule has 284 valence electrons. The Hall–Kier alpha value is -4.96. The molecule has 0 spiro atoms. The van der Waals surface area contributed by atoms with E-state index in [4.69, 9.17) is 23.7 Å². The van der Waals surface area contributed by atoms with Crippen LogP contribution in [0.4, 0.5) is 13.2 Å². The molecule has 53 heavy (non-hydrogen) atoms. The molecule has 0 saturated carbocycles. The fourth-order valence-electron chi connectivity index (χ4n) is 6.27. The molecule has 4 atom stereocenters. The first-order valence-corrected chi connectivity index (χ1v) is 17.1. The molecule has 12 nitrogen and oxygen atoms in total. The normalized spacial score (nSPS) is 18.8. The van der Waals surface area contributed by atoms with Crippen molar-refractivity contribution in [2.45, 2.75) is 62.0 Å². The Morgan fingerprint density at radius 1 is 0.849 bits per heavy atom. The number of H-pyrrole nitrogens is 1. The van der Waals surface area contributed by atoms with E-state index in [0.717, 1.165) is 27.3 Å². The van der Waals surface area contributed by atoms with Crippen molar-refractivity contribution in [1.29, 1.82) is 0 Å². The van der Waals surface area contributed by atoms with Crippen LogP contribution < -0.4 is 26.0 Å². The first-order chi connectivity index (χ1) is 25.5. The molecule has 1 amide bonds. The molecule has 3 aromatic carbocycles. The second-order valence-corrected chi connectivity index (χ2v) is 12.4. The van der Waals surface area contributed by atoms with E-state index in [9.17, 15) is 32.7 Å². The summed E-state index contributed by atoms with van der Waals surface area (Å²) in [4.78, 5) is 38.0. The quantitative estimate of drug-likeness (QED) is 0.105. The SMILES string of the molecule is COc1ccc(C(OC[C@H]2O[C@@H](n3ccc(=O)[nH]c3=O)[C@@H](OCCCCCCNC(=O)C(F)(F)F)C2O)(c2ccccc2)c2ccc(OC)cc2)cc1. The maximum atomic E-state index is 12.9. The summed E-state index contributed by atoms with van der Waals surface area (Å²) in [7, 11) is 3.15. The number of hydrogen-bond donors (Lipinski definition) is 3. The van der Waals surface area contributed by atoms with Crippen LogP contribution in [-0.4, -0.2) is 79.0 Å². The minimum Gasteiger partial charge on any atom is -0.497 e. The number of methoxy groups -OCH3 is 2. The Kier molecular flexibility index (Phi) is 13.1. The average Bonchev–Trinajstić information content (AvgIpc) is 3.47. The second-order valence-electron chi connectivity index (χ2n) is 12.4. The number of carbonyl (C=O) groups excluding carboxylic acids is 1. The van der Waals surface area contributed by atoms with Gasteiger partial charge in [-0.15, -0.1) is 0 Å². The fraction of sp³-hybridized carbons (Fsp3) is 0.395. The van der Waals surface area contributed by atoms with Gasteiger partial charge in [-0.25, -0.2) is 4.79 Å². The number of unbranched alkanes of at least 4 members (excludes halogenated alkanes) is 3. The van der Waals surface area contributed by atoms with E-state index in [0.29, 0.717) is 37.2 Å². The highest BCUT2D eigenvalue weighted by Crippen LogP contribution is 2.43. The largest absolute Gasteiger partial charge is 0.497 e. The highest BCUT2D eigenvalue weighted by molar-refractivity contribution is 5.81. The summed E-state index contributed by atoms with van der Waals surface area (Å²) < 4.78 is 68.5. The third-order valence-corrected chi connectivity index (χ3v) is 9.00. The highest BCUT2D eigenvalue weighted by Gasteiger charge is 2.48. The van der Waals surface area contributed by atoms with E-state index in [-0.39, 0.29) is 19.8 Å². The van der Waals surface area contributed by atoms with Crippen molar-refractivity contribution in [3.05, 3.63) is 129 Å². The van der Waals surface area contributed by atoms with Crippen molar-refractivity contribution in [2.75, 3.05) is 34.0 Å².